The van der Waals surface area contributed by atoms with Crippen molar-refractivity contribution < 1.29 is 9.90 Å². The summed E-state index contributed by atoms with van der Waals surface area (Å²) in [5.74, 6) is 4.15. The fourth-order valence-corrected chi connectivity index (χ4v) is 8.39. The molecule has 8 atom stereocenters. The lowest BCUT2D eigenvalue weighted by Crippen LogP contribution is -2.51. The third-order valence-corrected chi connectivity index (χ3v) is 9.71. The molecule has 4 aliphatic rings. The van der Waals surface area contributed by atoms with Crippen molar-refractivity contribution in [3.8, 4) is 6.07 Å². The van der Waals surface area contributed by atoms with Crippen LogP contribution in [0.2, 0.25) is 0 Å². The van der Waals surface area contributed by atoms with E-state index in [1.165, 1.54) is 38.3 Å². The molecule has 0 aromatic carbocycles. The van der Waals surface area contributed by atoms with Gasteiger partial charge in [-0.25, -0.2) is 0 Å². The Bertz CT molecular complexity index is 868. The SMILES string of the molecule is CC1(O)CCC2C(CCC3C2CCC2(C)C3CC[C@@H]2C(=O)Cn2cc(C#N)cn2)C1. The molecule has 1 aromatic heterocycles. The van der Waals surface area contributed by atoms with Crippen molar-refractivity contribution in [1.29, 1.82) is 5.26 Å². The zero-order valence-corrected chi connectivity index (χ0v) is 18.4. The molecule has 1 aromatic rings. The van der Waals surface area contributed by atoms with Crippen molar-refractivity contribution in [3.63, 3.8) is 0 Å². The maximum Gasteiger partial charge on any atom is 0.157 e. The monoisotopic (exact) mass is 409 g/mol. The Morgan fingerprint density at radius 2 is 1.97 bits per heavy atom. The van der Waals surface area contributed by atoms with Gasteiger partial charge in [0.25, 0.3) is 0 Å². The summed E-state index contributed by atoms with van der Waals surface area (Å²) in [5, 5.41) is 23.8. The van der Waals surface area contributed by atoms with Crippen molar-refractivity contribution in [3.05, 3.63) is 18.0 Å². The van der Waals surface area contributed by atoms with Crippen LogP contribution in [0, 0.1) is 52.3 Å². The summed E-state index contributed by atoms with van der Waals surface area (Å²) in [7, 11) is 0. The van der Waals surface area contributed by atoms with Gasteiger partial charge in [0, 0.05) is 12.1 Å². The highest BCUT2D eigenvalue weighted by Gasteiger charge is 2.58. The van der Waals surface area contributed by atoms with E-state index < -0.39 is 5.60 Å². The molecule has 7 unspecified atom stereocenters. The number of ketones is 1. The first kappa shape index (κ1) is 20.2. The molecular formula is C25H35N3O2. The lowest BCUT2D eigenvalue weighted by atomic mass is 9.49. The Balaban J connectivity index is 1.30. The van der Waals surface area contributed by atoms with Crippen LogP contribution < -0.4 is 0 Å². The maximum atomic E-state index is 13.3. The minimum absolute atomic E-state index is 0.121. The van der Waals surface area contributed by atoms with Crippen molar-refractivity contribution in [2.24, 2.45) is 40.9 Å². The van der Waals surface area contributed by atoms with Crippen LogP contribution >= 0.6 is 0 Å². The van der Waals surface area contributed by atoms with Crippen LogP contribution in [0.4, 0.5) is 0 Å². The second-order valence-electron chi connectivity index (χ2n) is 11.4. The Morgan fingerprint density at radius 1 is 1.17 bits per heavy atom. The molecule has 0 spiro atoms. The smallest absolute Gasteiger partial charge is 0.157 e. The third kappa shape index (κ3) is 3.23. The summed E-state index contributed by atoms with van der Waals surface area (Å²) >= 11 is 0. The van der Waals surface area contributed by atoms with Crippen LogP contribution in [0.3, 0.4) is 0 Å². The highest BCUT2D eigenvalue weighted by Crippen LogP contribution is 2.64. The van der Waals surface area contributed by atoms with Crippen molar-refractivity contribution in [2.45, 2.75) is 83.8 Å². The van der Waals surface area contributed by atoms with E-state index in [4.69, 9.17) is 5.26 Å². The normalized spacial score (nSPS) is 45.1. The summed E-state index contributed by atoms with van der Waals surface area (Å²) < 4.78 is 1.64. The summed E-state index contributed by atoms with van der Waals surface area (Å²) in [5.41, 5.74) is 0.179. The van der Waals surface area contributed by atoms with Gasteiger partial charge in [0.2, 0.25) is 0 Å². The molecule has 1 heterocycles. The van der Waals surface area contributed by atoms with Crippen LogP contribution in [0.15, 0.2) is 12.4 Å². The zero-order chi connectivity index (χ0) is 21.1. The van der Waals surface area contributed by atoms with Crippen LogP contribution in [-0.2, 0) is 11.3 Å². The molecule has 4 saturated carbocycles. The van der Waals surface area contributed by atoms with Gasteiger partial charge in [-0.1, -0.05) is 6.92 Å². The average Bonchev–Trinajstić information content (AvgIpc) is 3.30. The van der Waals surface area contributed by atoms with E-state index in [9.17, 15) is 9.90 Å². The Morgan fingerprint density at radius 3 is 2.73 bits per heavy atom. The first-order valence-corrected chi connectivity index (χ1v) is 12.0. The molecule has 0 radical (unpaired) electrons. The molecule has 0 saturated heterocycles. The van der Waals surface area contributed by atoms with Crippen molar-refractivity contribution in [2.75, 3.05) is 0 Å². The number of hydrogen-bond donors (Lipinski definition) is 1. The molecule has 162 valence electrons. The van der Waals surface area contributed by atoms with E-state index in [0.717, 1.165) is 43.4 Å². The molecule has 30 heavy (non-hydrogen) atoms. The van der Waals surface area contributed by atoms with Crippen LogP contribution in [0.25, 0.3) is 0 Å². The maximum absolute atomic E-state index is 13.3. The molecular weight excluding hydrogens is 374 g/mol. The molecule has 1 N–H and O–H groups in total. The highest BCUT2D eigenvalue weighted by molar-refractivity contribution is 5.82. The van der Waals surface area contributed by atoms with E-state index in [1.54, 1.807) is 10.9 Å². The number of carbonyl (C=O) groups is 1. The van der Waals surface area contributed by atoms with E-state index in [0.29, 0.717) is 29.7 Å². The number of aliphatic hydroxyl groups is 1. The van der Waals surface area contributed by atoms with Crippen LogP contribution in [0.5, 0.6) is 0 Å². The van der Waals surface area contributed by atoms with E-state index in [1.807, 2.05) is 6.92 Å². The van der Waals surface area contributed by atoms with Crippen molar-refractivity contribution >= 4 is 5.78 Å². The standard InChI is InChI=1S/C25H35N3O2/c1-24(30)9-7-18-17(11-24)3-4-20-19(18)8-10-25(2)21(20)5-6-22(25)23(29)15-28-14-16(12-26)13-27-28/h13-14,17-22,30H,3-11,15H2,1-2H3/t17?,18?,19?,20?,21?,22-,24?,25?/m1/s1. The number of rotatable bonds is 3. The fourth-order valence-electron chi connectivity index (χ4n) is 8.39. The number of aromatic nitrogens is 2. The molecule has 4 aliphatic carbocycles. The van der Waals surface area contributed by atoms with Gasteiger partial charge in [-0.2, -0.15) is 10.4 Å². The number of fused-ring (bicyclic) bond motifs is 5. The predicted molar refractivity (Wildman–Crippen MR) is 113 cm³/mol. The van der Waals surface area contributed by atoms with Gasteiger partial charge in [0.1, 0.15) is 6.07 Å². The number of Topliss-reactive ketones (excluding diaryl/α,β-unsaturated/α-hetero) is 1. The summed E-state index contributed by atoms with van der Waals surface area (Å²) in [4.78, 5) is 13.3. The molecule has 0 amide bonds. The Kier molecular flexibility index (Phi) is 4.85. The third-order valence-electron chi connectivity index (χ3n) is 9.71. The first-order chi connectivity index (χ1) is 14.3. The van der Waals surface area contributed by atoms with Gasteiger partial charge in [-0.3, -0.25) is 9.48 Å². The molecule has 4 fully saturated rings. The largest absolute Gasteiger partial charge is 0.390 e. The van der Waals surface area contributed by atoms with Gasteiger partial charge in [0.05, 0.1) is 23.9 Å². The van der Waals surface area contributed by atoms with Gasteiger partial charge in [0.15, 0.2) is 5.78 Å². The quantitative estimate of drug-likeness (QED) is 0.805. The minimum atomic E-state index is -0.458. The average molecular weight is 410 g/mol. The zero-order valence-electron chi connectivity index (χ0n) is 18.4. The number of nitrogens with zero attached hydrogens (tertiary/aromatic N) is 3. The van der Waals surface area contributed by atoms with Gasteiger partial charge in [-0.15, -0.1) is 0 Å². The van der Waals surface area contributed by atoms with E-state index in [-0.39, 0.29) is 11.3 Å². The molecule has 0 bridgehead atoms. The lowest BCUT2D eigenvalue weighted by Gasteiger charge is -2.56. The second kappa shape index (κ2) is 7.19. The van der Waals surface area contributed by atoms with Crippen LogP contribution in [0.1, 0.15) is 77.2 Å². The van der Waals surface area contributed by atoms with Crippen LogP contribution in [-0.4, -0.2) is 26.3 Å². The minimum Gasteiger partial charge on any atom is -0.390 e. The van der Waals surface area contributed by atoms with E-state index in [2.05, 4.69) is 18.1 Å². The molecule has 5 rings (SSSR count). The topological polar surface area (TPSA) is 78.9 Å². The number of nitriles is 1. The van der Waals surface area contributed by atoms with Gasteiger partial charge >= 0.3 is 0 Å². The number of hydrogen-bond acceptors (Lipinski definition) is 4. The molecule has 5 heteroatoms. The summed E-state index contributed by atoms with van der Waals surface area (Å²) in [6.07, 6.45) is 13.5. The fraction of sp³-hybridized carbons (Fsp3) is 0.800. The van der Waals surface area contributed by atoms with E-state index >= 15 is 0 Å². The highest BCUT2D eigenvalue weighted by atomic mass is 16.3. The van der Waals surface area contributed by atoms with Gasteiger partial charge < -0.3 is 5.11 Å². The Labute approximate surface area is 179 Å². The molecule has 5 nitrogen and oxygen atoms in total. The summed E-state index contributed by atoms with van der Waals surface area (Å²) in [6.45, 7) is 4.72. The molecule has 0 aliphatic heterocycles. The first-order valence-electron chi connectivity index (χ1n) is 12.0. The summed E-state index contributed by atoms with van der Waals surface area (Å²) in [6, 6.07) is 2.09. The van der Waals surface area contributed by atoms with Crippen molar-refractivity contribution in [1.82, 2.24) is 9.78 Å². The second-order valence-corrected chi connectivity index (χ2v) is 11.4. The Hall–Kier alpha value is -1.67. The predicted octanol–water partition coefficient (Wildman–Crippen LogP) is 4.34. The number of carbonyl (C=O) groups excluding carboxylic acids is 1. The lowest BCUT2D eigenvalue weighted by molar-refractivity contribution is -0.133. The van der Waals surface area contributed by atoms with Gasteiger partial charge in [-0.05, 0) is 99.7 Å².